The minimum Gasteiger partial charge on any atom is -0.350 e. The SMILES string of the molecule is Cc1ccc2c(c1)c(-c1n[nH]c(=O)n1-c1cn(CCCN)c3ccc(F)cc13)cn2C. The van der Waals surface area contributed by atoms with Gasteiger partial charge in [0.15, 0.2) is 5.82 Å². The molecular weight excluding hydrogens is 395 g/mol. The van der Waals surface area contributed by atoms with Gasteiger partial charge in [0.2, 0.25) is 0 Å². The Morgan fingerprint density at radius 2 is 1.90 bits per heavy atom. The molecule has 31 heavy (non-hydrogen) atoms. The zero-order valence-electron chi connectivity index (χ0n) is 17.4. The van der Waals surface area contributed by atoms with E-state index in [2.05, 4.69) is 28.4 Å². The number of halogens is 1. The molecule has 0 aliphatic carbocycles. The molecule has 0 atom stereocenters. The lowest BCUT2D eigenvalue weighted by Crippen LogP contribution is -2.15. The summed E-state index contributed by atoms with van der Waals surface area (Å²) in [4.78, 5) is 12.9. The van der Waals surface area contributed by atoms with Crippen molar-refractivity contribution < 1.29 is 4.39 Å². The lowest BCUT2D eigenvalue weighted by Gasteiger charge is -2.04. The third-order valence-corrected chi connectivity index (χ3v) is 5.72. The van der Waals surface area contributed by atoms with Crippen molar-refractivity contribution in [2.24, 2.45) is 12.8 Å². The quantitative estimate of drug-likeness (QED) is 0.458. The van der Waals surface area contributed by atoms with Crippen LogP contribution in [0.25, 0.3) is 38.9 Å². The zero-order valence-corrected chi connectivity index (χ0v) is 17.4. The molecular formula is C23H23FN6O. The molecule has 0 bridgehead atoms. The molecule has 3 aromatic heterocycles. The van der Waals surface area contributed by atoms with Crippen molar-refractivity contribution in [2.45, 2.75) is 19.9 Å². The number of hydrogen-bond acceptors (Lipinski definition) is 3. The first-order valence-electron chi connectivity index (χ1n) is 10.2. The van der Waals surface area contributed by atoms with Gasteiger partial charge in [-0.3, -0.25) is 0 Å². The number of benzene rings is 2. The minimum absolute atomic E-state index is 0.357. The van der Waals surface area contributed by atoms with Crippen LogP contribution in [0.4, 0.5) is 4.39 Å². The molecule has 0 amide bonds. The molecule has 2 aromatic carbocycles. The predicted octanol–water partition coefficient (Wildman–Crippen LogP) is 3.47. The van der Waals surface area contributed by atoms with Crippen LogP contribution in [0.1, 0.15) is 12.0 Å². The van der Waals surface area contributed by atoms with Crippen LogP contribution in [0.3, 0.4) is 0 Å². The molecule has 0 unspecified atom stereocenters. The highest BCUT2D eigenvalue weighted by Gasteiger charge is 2.21. The molecule has 0 saturated carbocycles. The summed E-state index contributed by atoms with van der Waals surface area (Å²) < 4.78 is 19.7. The van der Waals surface area contributed by atoms with E-state index in [1.807, 2.05) is 35.5 Å². The molecule has 0 aliphatic rings. The molecule has 0 saturated heterocycles. The standard InChI is InChI=1S/C23H23FN6O/c1-14-4-6-19-16(10-14)18(12-28(19)2)22-26-27-23(31)30(22)21-13-29(9-3-8-25)20-7-5-15(24)11-17(20)21/h4-7,10-13H,3,8-9,25H2,1-2H3,(H,27,31). The Labute approximate surface area is 177 Å². The van der Waals surface area contributed by atoms with E-state index in [4.69, 9.17) is 5.73 Å². The molecule has 7 nitrogen and oxygen atoms in total. The lowest BCUT2D eigenvalue weighted by atomic mass is 10.1. The normalized spacial score (nSPS) is 11.7. The average Bonchev–Trinajstić information content (AvgIpc) is 3.39. The summed E-state index contributed by atoms with van der Waals surface area (Å²) >= 11 is 0. The number of aromatic nitrogens is 5. The Hall–Kier alpha value is -3.65. The van der Waals surface area contributed by atoms with Crippen molar-refractivity contribution in [2.75, 3.05) is 6.54 Å². The van der Waals surface area contributed by atoms with Crippen LogP contribution in [0.15, 0.2) is 53.6 Å². The van der Waals surface area contributed by atoms with Gasteiger partial charge >= 0.3 is 5.69 Å². The second-order valence-electron chi connectivity index (χ2n) is 7.87. The number of nitrogens with two attached hydrogens (primary N) is 1. The number of nitrogens with zero attached hydrogens (tertiary/aromatic N) is 4. The highest BCUT2D eigenvalue weighted by atomic mass is 19.1. The van der Waals surface area contributed by atoms with Crippen molar-refractivity contribution in [3.05, 3.63) is 70.7 Å². The van der Waals surface area contributed by atoms with Crippen LogP contribution in [0, 0.1) is 12.7 Å². The van der Waals surface area contributed by atoms with Crippen molar-refractivity contribution in [1.29, 1.82) is 0 Å². The average molecular weight is 418 g/mol. The van der Waals surface area contributed by atoms with Crippen LogP contribution in [0.2, 0.25) is 0 Å². The molecule has 5 aromatic rings. The number of hydrogen-bond donors (Lipinski definition) is 2. The second kappa shape index (κ2) is 7.24. The van der Waals surface area contributed by atoms with E-state index in [1.54, 1.807) is 6.07 Å². The third-order valence-electron chi connectivity index (χ3n) is 5.72. The maximum absolute atomic E-state index is 14.2. The molecule has 5 rings (SSSR count). The Morgan fingerprint density at radius 3 is 2.71 bits per heavy atom. The van der Waals surface area contributed by atoms with E-state index in [0.717, 1.165) is 34.0 Å². The van der Waals surface area contributed by atoms with E-state index in [-0.39, 0.29) is 11.5 Å². The van der Waals surface area contributed by atoms with Crippen LogP contribution >= 0.6 is 0 Å². The van der Waals surface area contributed by atoms with Crippen LogP contribution < -0.4 is 11.4 Å². The van der Waals surface area contributed by atoms with Gasteiger partial charge in [-0.25, -0.2) is 18.9 Å². The molecule has 0 aliphatic heterocycles. The third kappa shape index (κ3) is 3.07. The zero-order chi connectivity index (χ0) is 21.7. The van der Waals surface area contributed by atoms with Gasteiger partial charge in [-0.1, -0.05) is 11.6 Å². The second-order valence-corrected chi connectivity index (χ2v) is 7.87. The summed E-state index contributed by atoms with van der Waals surface area (Å²) in [5, 5.41) is 8.58. The number of fused-ring (bicyclic) bond motifs is 2. The fourth-order valence-corrected chi connectivity index (χ4v) is 4.26. The van der Waals surface area contributed by atoms with E-state index in [1.165, 1.54) is 16.7 Å². The van der Waals surface area contributed by atoms with Gasteiger partial charge in [-0.2, -0.15) is 5.10 Å². The van der Waals surface area contributed by atoms with E-state index >= 15 is 0 Å². The number of aromatic amines is 1. The summed E-state index contributed by atoms with van der Waals surface area (Å²) in [5.74, 6) is 0.132. The molecule has 3 heterocycles. The van der Waals surface area contributed by atoms with Gasteiger partial charge in [-0.05, 0) is 50.2 Å². The molecule has 0 radical (unpaired) electrons. The van der Waals surface area contributed by atoms with Crippen molar-refractivity contribution in [3.8, 4) is 17.1 Å². The van der Waals surface area contributed by atoms with Gasteiger partial charge in [0.25, 0.3) is 0 Å². The number of rotatable bonds is 5. The Bertz CT molecular complexity index is 1490. The van der Waals surface area contributed by atoms with Crippen LogP contribution in [0.5, 0.6) is 0 Å². The van der Waals surface area contributed by atoms with E-state index in [0.29, 0.717) is 30.0 Å². The van der Waals surface area contributed by atoms with Gasteiger partial charge in [0.05, 0.1) is 11.2 Å². The van der Waals surface area contributed by atoms with Gasteiger partial charge in [0.1, 0.15) is 5.82 Å². The maximum Gasteiger partial charge on any atom is 0.348 e. The van der Waals surface area contributed by atoms with Crippen LogP contribution in [-0.4, -0.2) is 30.4 Å². The molecule has 158 valence electrons. The first-order valence-corrected chi connectivity index (χ1v) is 10.2. The van der Waals surface area contributed by atoms with Crippen LogP contribution in [-0.2, 0) is 13.6 Å². The number of H-pyrrole nitrogens is 1. The highest BCUT2D eigenvalue weighted by Crippen LogP contribution is 2.32. The summed E-state index contributed by atoms with van der Waals surface area (Å²) in [5.41, 5.74) is 9.74. The Morgan fingerprint density at radius 1 is 1.10 bits per heavy atom. The van der Waals surface area contributed by atoms with Crippen molar-refractivity contribution >= 4 is 21.8 Å². The maximum atomic E-state index is 14.2. The lowest BCUT2D eigenvalue weighted by molar-refractivity contribution is 0.629. The molecule has 8 heteroatoms. The van der Waals surface area contributed by atoms with Gasteiger partial charge in [-0.15, -0.1) is 0 Å². The number of aryl methyl sites for hydroxylation is 3. The predicted molar refractivity (Wildman–Crippen MR) is 120 cm³/mol. The monoisotopic (exact) mass is 418 g/mol. The summed E-state index contributed by atoms with van der Waals surface area (Å²) in [6.07, 6.45) is 4.61. The van der Waals surface area contributed by atoms with Crippen molar-refractivity contribution in [1.82, 2.24) is 23.9 Å². The fourth-order valence-electron chi connectivity index (χ4n) is 4.26. The number of nitrogens with one attached hydrogen (secondary N) is 1. The first-order chi connectivity index (χ1) is 15.0. The highest BCUT2D eigenvalue weighted by molar-refractivity contribution is 5.96. The smallest absolute Gasteiger partial charge is 0.348 e. The van der Waals surface area contributed by atoms with E-state index in [9.17, 15) is 9.18 Å². The molecule has 0 spiro atoms. The Kier molecular flexibility index (Phi) is 4.51. The topological polar surface area (TPSA) is 86.6 Å². The van der Waals surface area contributed by atoms with E-state index < -0.39 is 0 Å². The van der Waals surface area contributed by atoms with Crippen molar-refractivity contribution in [3.63, 3.8) is 0 Å². The van der Waals surface area contributed by atoms with Gasteiger partial charge in [0, 0.05) is 47.8 Å². The first kappa shape index (κ1) is 19.3. The molecule has 0 fully saturated rings. The summed E-state index contributed by atoms with van der Waals surface area (Å²) in [6, 6.07) is 10.8. The Balaban J connectivity index is 1.79. The summed E-state index contributed by atoms with van der Waals surface area (Å²) in [7, 11) is 1.96. The summed E-state index contributed by atoms with van der Waals surface area (Å²) in [6.45, 7) is 3.25. The fraction of sp³-hybridized carbons (Fsp3) is 0.217. The molecule has 3 N–H and O–H groups in total. The minimum atomic E-state index is -0.373. The largest absolute Gasteiger partial charge is 0.350 e. The van der Waals surface area contributed by atoms with Gasteiger partial charge < -0.3 is 14.9 Å².